The summed E-state index contributed by atoms with van der Waals surface area (Å²) in [6.45, 7) is 2.25. The molecule has 0 atom stereocenters. The molecule has 1 aromatic carbocycles. The van der Waals surface area contributed by atoms with E-state index >= 15 is 0 Å². The second-order valence-electron chi connectivity index (χ2n) is 5.66. The highest BCUT2D eigenvalue weighted by molar-refractivity contribution is 6.42. The molecule has 8 heteroatoms. The summed E-state index contributed by atoms with van der Waals surface area (Å²) in [6.07, 6.45) is 9.90. The second-order valence-corrected chi connectivity index (χ2v) is 6.48. The number of fused-ring (bicyclic) bond motifs is 2. The first-order chi connectivity index (χ1) is 12.5. The lowest BCUT2D eigenvalue weighted by molar-refractivity contribution is 0.687. The summed E-state index contributed by atoms with van der Waals surface area (Å²) in [5, 5.41) is 0.817. The summed E-state index contributed by atoms with van der Waals surface area (Å²) in [5.74, 6) is 5.72. The Bertz CT molecular complexity index is 972. The third-order valence-electron chi connectivity index (χ3n) is 3.95. The Morgan fingerprint density at radius 1 is 1.15 bits per heavy atom. The maximum Gasteiger partial charge on any atom is 0.352 e. The molecule has 0 radical (unpaired) electrons. The summed E-state index contributed by atoms with van der Waals surface area (Å²) >= 11 is 11.8. The van der Waals surface area contributed by atoms with Crippen molar-refractivity contribution in [2.75, 3.05) is 5.43 Å². The minimum atomic E-state index is -0.438. The number of anilines is 1. The van der Waals surface area contributed by atoms with Gasteiger partial charge in [0, 0.05) is 12.1 Å². The molecule has 0 aliphatic heterocycles. The van der Waals surface area contributed by atoms with Crippen LogP contribution in [0.4, 0.5) is 5.95 Å². The molecular formula is C18H17Cl2N5O. The van der Waals surface area contributed by atoms with E-state index in [9.17, 15) is 4.79 Å². The van der Waals surface area contributed by atoms with Crippen LogP contribution in [0, 0.1) is 0 Å². The van der Waals surface area contributed by atoms with Crippen LogP contribution in [0.5, 0.6) is 0 Å². The first-order valence-corrected chi connectivity index (χ1v) is 8.76. The van der Waals surface area contributed by atoms with E-state index in [1.165, 1.54) is 22.1 Å². The van der Waals surface area contributed by atoms with Crippen LogP contribution in [-0.4, -0.2) is 14.5 Å². The van der Waals surface area contributed by atoms with Crippen LogP contribution in [0.25, 0.3) is 11.4 Å². The van der Waals surface area contributed by atoms with E-state index in [4.69, 9.17) is 29.0 Å². The van der Waals surface area contributed by atoms with Crippen molar-refractivity contribution in [3.8, 4) is 11.4 Å². The Kier molecular flexibility index (Phi) is 5.56. The molecule has 0 fully saturated rings. The lowest BCUT2D eigenvalue weighted by atomic mass is 10.2. The minimum Gasteiger partial charge on any atom is -0.292 e. The fraction of sp³-hybridized carbons (Fsp3) is 0.167. The van der Waals surface area contributed by atoms with Gasteiger partial charge in [0.25, 0.3) is 0 Å². The molecule has 2 aromatic rings. The molecule has 4 rings (SSSR count). The smallest absolute Gasteiger partial charge is 0.292 e. The van der Waals surface area contributed by atoms with E-state index in [0.717, 1.165) is 0 Å². The van der Waals surface area contributed by atoms with Crippen LogP contribution in [0.3, 0.4) is 0 Å². The summed E-state index contributed by atoms with van der Waals surface area (Å²) in [7, 11) is 0. The zero-order chi connectivity index (χ0) is 18.7. The molecule has 2 aliphatic rings. The number of hydrogen-bond acceptors (Lipinski definition) is 5. The normalized spacial score (nSPS) is 13.8. The highest BCUT2D eigenvalue weighted by Gasteiger charge is 2.12. The fourth-order valence-corrected chi connectivity index (χ4v) is 2.94. The van der Waals surface area contributed by atoms with Crippen molar-refractivity contribution in [1.29, 1.82) is 0 Å². The number of benzene rings is 1. The van der Waals surface area contributed by atoms with Crippen LogP contribution in [0.2, 0.25) is 10.0 Å². The quantitative estimate of drug-likeness (QED) is 0.616. The molecule has 0 saturated carbocycles. The zero-order valence-corrected chi connectivity index (χ0v) is 15.6. The summed E-state index contributed by atoms with van der Waals surface area (Å²) < 4.78 is 1.42. The summed E-state index contributed by atoms with van der Waals surface area (Å²) in [6, 6.07) is 5.00. The highest BCUT2D eigenvalue weighted by atomic mass is 35.5. The lowest BCUT2D eigenvalue weighted by Crippen LogP contribution is -2.27. The average molecular weight is 390 g/mol. The van der Waals surface area contributed by atoms with Gasteiger partial charge in [-0.3, -0.25) is 9.99 Å². The average Bonchev–Trinajstić information content (AvgIpc) is 3.29. The van der Waals surface area contributed by atoms with Gasteiger partial charge in [0.2, 0.25) is 5.95 Å². The van der Waals surface area contributed by atoms with Gasteiger partial charge in [-0.2, -0.15) is 9.97 Å². The van der Waals surface area contributed by atoms with E-state index in [1.807, 2.05) is 6.92 Å². The van der Waals surface area contributed by atoms with E-state index in [2.05, 4.69) is 39.7 Å². The molecule has 6 nitrogen and oxygen atoms in total. The summed E-state index contributed by atoms with van der Waals surface area (Å²) in [4.78, 5) is 19.7. The monoisotopic (exact) mass is 389 g/mol. The first kappa shape index (κ1) is 18.4. The van der Waals surface area contributed by atoms with Crippen molar-refractivity contribution in [3.05, 3.63) is 74.2 Å². The van der Waals surface area contributed by atoms with Crippen LogP contribution in [0.15, 0.2) is 58.4 Å². The van der Waals surface area contributed by atoms with E-state index in [-0.39, 0.29) is 5.95 Å². The third-order valence-corrected chi connectivity index (χ3v) is 4.69. The van der Waals surface area contributed by atoms with Gasteiger partial charge in [-0.05, 0) is 42.7 Å². The van der Waals surface area contributed by atoms with Crippen LogP contribution >= 0.6 is 23.2 Å². The Balaban J connectivity index is 0.000000229. The molecule has 2 aliphatic carbocycles. The Morgan fingerprint density at radius 3 is 2.31 bits per heavy atom. The van der Waals surface area contributed by atoms with Crippen LogP contribution in [0.1, 0.15) is 13.3 Å². The number of nitrogen functional groups attached to an aromatic ring is 1. The van der Waals surface area contributed by atoms with Gasteiger partial charge in [-0.25, -0.2) is 10.6 Å². The molecule has 0 saturated heterocycles. The van der Waals surface area contributed by atoms with Crippen molar-refractivity contribution < 1.29 is 0 Å². The van der Waals surface area contributed by atoms with Gasteiger partial charge in [0.15, 0.2) is 0 Å². The SMILES string of the molecule is C1=CC2=CC=C1C2.CCn1c(-c2ccc(Cl)c(Cl)c2)nc(NN)nc1=O. The molecular weight excluding hydrogens is 373 g/mol. The molecule has 1 heterocycles. The number of nitrogens with one attached hydrogen (secondary N) is 1. The number of hydrogen-bond donors (Lipinski definition) is 2. The van der Waals surface area contributed by atoms with Gasteiger partial charge in [0.05, 0.1) is 10.0 Å². The maximum absolute atomic E-state index is 11.8. The minimum absolute atomic E-state index is 0.0516. The largest absolute Gasteiger partial charge is 0.352 e. The topological polar surface area (TPSA) is 85.8 Å². The Morgan fingerprint density at radius 2 is 1.85 bits per heavy atom. The van der Waals surface area contributed by atoms with E-state index < -0.39 is 5.69 Å². The second kappa shape index (κ2) is 7.86. The van der Waals surface area contributed by atoms with Crippen molar-refractivity contribution in [1.82, 2.24) is 14.5 Å². The molecule has 26 heavy (non-hydrogen) atoms. The van der Waals surface area contributed by atoms with E-state index in [1.54, 1.807) is 18.2 Å². The number of allylic oxidation sites excluding steroid dienone is 6. The number of nitrogens with two attached hydrogens (primary N) is 1. The molecule has 0 amide bonds. The fourth-order valence-electron chi connectivity index (χ4n) is 2.64. The Labute approximate surface area is 160 Å². The Hall–Kier alpha value is -2.41. The molecule has 134 valence electrons. The molecule has 0 spiro atoms. The summed E-state index contributed by atoms with van der Waals surface area (Å²) in [5.41, 5.74) is 5.42. The zero-order valence-electron chi connectivity index (χ0n) is 14.0. The third kappa shape index (κ3) is 3.88. The number of halogens is 2. The molecule has 1 aromatic heterocycles. The lowest BCUT2D eigenvalue weighted by Gasteiger charge is -2.11. The number of nitrogens with zero attached hydrogens (tertiary/aromatic N) is 3. The van der Waals surface area contributed by atoms with Crippen molar-refractivity contribution in [2.45, 2.75) is 19.9 Å². The number of hydrazine groups is 1. The predicted octanol–water partition coefficient (Wildman–Crippen LogP) is 3.73. The number of aromatic nitrogens is 3. The van der Waals surface area contributed by atoms with Crippen molar-refractivity contribution in [3.63, 3.8) is 0 Å². The van der Waals surface area contributed by atoms with Gasteiger partial charge >= 0.3 is 5.69 Å². The molecule has 2 bridgehead atoms. The van der Waals surface area contributed by atoms with Gasteiger partial charge in [0.1, 0.15) is 5.82 Å². The molecule has 3 N–H and O–H groups in total. The maximum atomic E-state index is 11.8. The van der Waals surface area contributed by atoms with Crippen molar-refractivity contribution in [2.24, 2.45) is 5.84 Å². The van der Waals surface area contributed by atoms with Crippen molar-refractivity contribution >= 4 is 29.2 Å². The van der Waals surface area contributed by atoms with Crippen LogP contribution < -0.4 is 17.0 Å². The van der Waals surface area contributed by atoms with Gasteiger partial charge in [-0.15, -0.1) is 0 Å². The van der Waals surface area contributed by atoms with E-state index in [0.29, 0.717) is 28.0 Å². The number of rotatable bonds is 3. The highest BCUT2D eigenvalue weighted by Crippen LogP contribution is 2.28. The van der Waals surface area contributed by atoms with Gasteiger partial charge in [-0.1, -0.05) is 47.5 Å². The molecule has 0 unspecified atom stereocenters. The standard InChI is InChI=1S/C11H11Cl2N5O.C7H6/c1-2-18-9(15-10(17-14)16-11(18)19)6-3-4-7(12)8(13)5-6;1-2-7-4-3-6(1)5-7/h3-5H,2,14H2,1H3,(H,16,17,19);1-4H,5H2. The predicted molar refractivity (Wildman–Crippen MR) is 105 cm³/mol. The van der Waals surface area contributed by atoms with Crippen LogP contribution in [-0.2, 0) is 6.54 Å². The first-order valence-electron chi connectivity index (χ1n) is 8.00. The van der Waals surface area contributed by atoms with Gasteiger partial charge < -0.3 is 0 Å².